The van der Waals surface area contributed by atoms with Crippen LogP contribution in [0.2, 0.25) is 0 Å². The highest BCUT2D eigenvalue weighted by molar-refractivity contribution is 7.92. The van der Waals surface area contributed by atoms with Gasteiger partial charge in [0, 0.05) is 22.5 Å². The summed E-state index contributed by atoms with van der Waals surface area (Å²) in [4.78, 5) is 28.9. The van der Waals surface area contributed by atoms with Gasteiger partial charge < -0.3 is 15.1 Å². The van der Waals surface area contributed by atoms with Crippen molar-refractivity contribution in [3.63, 3.8) is 0 Å². The molecule has 0 aliphatic carbocycles. The molecule has 142 valence electrons. The predicted molar refractivity (Wildman–Crippen MR) is 105 cm³/mol. The van der Waals surface area contributed by atoms with E-state index >= 15 is 0 Å². The Morgan fingerprint density at radius 3 is 2.61 bits per heavy atom. The Labute approximate surface area is 158 Å². The summed E-state index contributed by atoms with van der Waals surface area (Å²) in [6, 6.07) is 11.1. The zero-order valence-corrected chi connectivity index (χ0v) is 15.4. The second-order valence-electron chi connectivity index (χ2n) is 6.34. The lowest BCUT2D eigenvalue weighted by atomic mass is 10.1. The molecule has 0 aliphatic heterocycles. The number of sulfonamides is 1. The van der Waals surface area contributed by atoms with Crippen LogP contribution in [0.3, 0.4) is 0 Å². The molecule has 4 N–H and O–H groups in total. The molecule has 28 heavy (non-hydrogen) atoms. The summed E-state index contributed by atoms with van der Waals surface area (Å²) in [5.41, 5.74) is 1.04. The lowest BCUT2D eigenvalue weighted by Crippen LogP contribution is -2.14. The number of carboxylic acid groups (broad SMARTS) is 1. The molecule has 0 aliphatic rings. The number of carboxylic acids is 1. The summed E-state index contributed by atoms with van der Waals surface area (Å²) in [6.07, 6.45) is 1.22. The number of nitrogens with one attached hydrogen (secondary N) is 3. The van der Waals surface area contributed by atoms with E-state index in [-0.39, 0.29) is 21.4 Å². The molecule has 0 saturated heterocycles. The minimum atomic E-state index is -3.92. The summed E-state index contributed by atoms with van der Waals surface area (Å²) in [7, 11) is -3.92. The van der Waals surface area contributed by atoms with E-state index in [4.69, 9.17) is 0 Å². The number of para-hydroxylation sites is 1. The Morgan fingerprint density at radius 2 is 1.89 bits per heavy atom. The number of pyridine rings is 1. The van der Waals surface area contributed by atoms with Crippen LogP contribution in [0.1, 0.15) is 15.9 Å². The van der Waals surface area contributed by atoms with Crippen LogP contribution >= 0.6 is 0 Å². The van der Waals surface area contributed by atoms with Gasteiger partial charge in [0.1, 0.15) is 5.52 Å². The molecule has 8 nitrogen and oxygen atoms in total. The molecule has 0 bridgehead atoms. The maximum absolute atomic E-state index is 12.9. The van der Waals surface area contributed by atoms with Gasteiger partial charge in [0.05, 0.1) is 16.1 Å². The molecule has 0 fully saturated rings. The second-order valence-corrected chi connectivity index (χ2v) is 8.02. The molecule has 9 heteroatoms. The maximum atomic E-state index is 12.9. The van der Waals surface area contributed by atoms with Crippen LogP contribution < -0.4 is 10.3 Å². The number of aromatic nitrogens is 2. The van der Waals surface area contributed by atoms with Crippen LogP contribution in [0.4, 0.5) is 5.69 Å². The first-order valence-electron chi connectivity index (χ1n) is 8.27. The molecule has 0 radical (unpaired) electrons. The van der Waals surface area contributed by atoms with Crippen LogP contribution in [0, 0.1) is 6.92 Å². The summed E-state index contributed by atoms with van der Waals surface area (Å²) < 4.78 is 28.2. The Hall–Kier alpha value is -3.59. The summed E-state index contributed by atoms with van der Waals surface area (Å²) >= 11 is 0. The van der Waals surface area contributed by atoms with Gasteiger partial charge in [0.25, 0.3) is 15.6 Å². The highest BCUT2D eigenvalue weighted by atomic mass is 32.2. The topological polar surface area (TPSA) is 132 Å². The SMILES string of the molecule is Cc1ccccc1NS(=O)(=O)c1ccc2[nH]c(=O)c3[nH]cc(C(=O)O)c3c2c1. The summed E-state index contributed by atoms with van der Waals surface area (Å²) in [5, 5.41) is 9.90. The third-order valence-corrected chi connectivity index (χ3v) is 5.91. The number of aromatic carboxylic acids is 1. The van der Waals surface area contributed by atoms with Gasteiger partial charge in [-0.05, 0) is 36.8 Å². The molecule has 4 aromatic rings. The van der Waals surface area contributed by atoms with Crippen LogP contribution in [-0.4, -0.2) is 29.5 Å². The number of aryl methyl sites for hydroxylation is 1. The Bertz CT molecular complexity index is 1420. The first kappa shape index (κ1) is 17.8. The maximum Gasteiger partial charge on any atom is 0.337 e. The predicted octanol–water partition coefficient (Wildman–Crippen LogP) is 2.82. The van der Waals surface area contributed by atoms with Gasteiger partial charge in [-0.15, -0.1) is 0 Å². The Morgan fingerprint density at radius 1 is 1.14 bits per heavy atom. The molecule has 0 unspecified atom stereocenters. The largest absolute Gasteiger partial charge is 0.478 e. The number of aromatic amines is 2. The number of rotatable bonds is 4. The van der Waals surface area contributed by atoms with Crippen LogP contribution in [0.15, 0.2) is 58.4 Å². The fourth-order valence-corrected chi connectivity index (χ4v) is 4.29. The number of carbonyl (C=O) groups is 1. The molecule has 4 rings (SSSR count). The Balaban J connectivity index is 1.94. The molecule has 2 aromatic carbocycles. The molecule has 2 aromatic heterocycles. The molecule has 0 atom stereocenters. The Kier molecular flexibility index (Phi) is 3.97. The van der Waals surface area contributed by atoms with Gasteiger partial charge >= 0.3 is 5.97 Å². The fourth-order valence-electron chi connectivity index (χ4n) is 3.13. The summed E-state index contributed by atoms with van der Waals surface area (Å²) in [6.45, 7) is 1.78. The van der Waals surface area contributed by atoms with Crippen molar-refractivity contribution < 1.29 is 18.3 Å². The first-order chi connectivity index (χ1) is 13.3. The van der Waals surface area contributed by atoms with Crippen LogP contribution in [0.25, 0.3) is 21.8 Å². The molecule has 0 spiro atoms. The van der Waals surface area contributed by atoms with Crippen molar-refractivity contribution >= 4 is 43.5 Å². The highest BCUT2D eigenvalue weighted by Gasteiger charge is 2.20. The number of hydrogen-bond donors (Lipinski definition) is 4. The minimum absolute atomic E-state index is 0.0471. The molecular weight excluding hydrogens is 382 g/mol. The standard InChI is InChI=1S/C19H15N3O5S/c1-10-4-2-3-5-14(10)22-28(26,27)11-6-7-15-12(8-11)16-13(19(24)25)9-20-17(16)18(23)21-15/h2-9,20,22H,1H3,(H,21,23)(H,24,25). The van der Waals surface area contributed by atoms with E-state index in [1.54, 1.807) is 31.2 Å². The number of H-pyrrole nitrogens is 2. The average Bonchev–Trinajstić information content (AvgIpc) is 3.10. The van der Waals surface area contributed by atoms with Crippen molar-refractivity contribution in [2.24, 2.45) is 0 Å². The van der Waals surface area contributed by atoms with E-state index in [1.807, 2.05) is 0 Å². The van der Waals surface area contributed by atoms with E-state index in [1.165, 1.54) is 24.4 Å². The van der Waals surface area contributed by atoms with Gasteiger partial charge in [0.2, 0.25) is 0 Å². The molecule has 0 amide bonds. The van der Waals surface area contributed by atoms with Gasteiger partial charge in [-0.1, -0.05) is 18.2 Å². The van der Waals surface area contributed by atoms with Gasteiger partial charge in [-0.25, -0.2) is 13.2 Å². The van der Waals surface area contributed by atoms with Crippen molar-refractivity contribution in [1.82, 2.24) is 9.97 Å². The fraction of sp³-hybridized carbons (Fsp3) is 0.0526. The van der Waals surface area contributed by atoms with Crippen LogP contribution in [0.5, 0.6) is 0 Å². The number of anilines is 1. The van der Waals surface area contributed by atoms with Crippen molar-refractivity contribution in [3.8, 4) is 0 Å². The third-order valence-electron chi connectivity index (χ3n) is 4.55. The number of fused-ring (bicyclic) bond motifs is 3. The average molecular weight is 397 g/mol. The van der Waals surface area contributed by atoms with Crippen molar-refractivity contribution in [1.29, 1.82) is 0 Å². The van der Waals surface area contributed by atoms with E-state index in [2.05, 4.69) is 14.7 Å². The van der Waals surface area contributed by atoms with Crippen molar-refractivity contribution in [3.05, 3.63) is 70.1 Å². The third kappa shape index (κ3) is 2.81. The lowest BCUT2D eigenvalue weighted by molar-refractivity contribution is 0.0699. The smallest absolute Gasteiger partial charge is 0.337 e. The second kappa shape index (κ2) is 6.24. The highest BCUT2D eigenvalue weighted by Crippen LogP contribution is 2.28. The minimum Gasteiger partial charge on any atom is -0.478 e. The summed E-state index contributed by atoms with van der Waals surface area (Å²) in [5.74, 6) is -1.22. The normalized spacial score (nSPS) is 11.8. The van der Waals surface area contributed by atoms with Gasteiger partial charge in [-0.3, -0.25) is 9.52 Å². The molecule has 0 saturated carbocycles. The lowest BCUT2D eigenvalue weighted by Gasteiger charge is -2.11. The van der Waals surface area contributed by atoms with Crippen molar-refractivity contribution in [2.45, 2.75) is 11.8 Å². The van der Waals surface area contributed by atoms with Crippen molar-refractivity contribution in [2.75, 3.05) is 4.72 Å². The zero-order chi connectivity index (χ0) is 20.1. The van der Waals surface area contributed by atoms with E-state index < -0.39 is 21.6 Å². The van der Waals surface area contributed by atoms with E-state index in [0.717, 1.165) is 5.56 Å². The van der Waals surface area contributed by atoms with Gasteiger partial charge in [0.15, 0.2) is 0 Å². The zero-order valence-electron chi connectivity index (χ0n) is 14.6. The van der Waals surface area contributed by atoms with Crippen LogP contribution in [-0.2, 0) is 10.0 Å². The number of hydrogen-bond acceptors (Lipinski definition) is 4. The molecular formula is C19H15N3O5S. The monoisotopic (exact) mass is 397 g/mol. The first-order valence-corrected chi connectivity index (χ1v) is 9.75. The number of benzene rings is 2. The van der Waals surface area contributed by atoms with Gasteiger partial charge in [-0.2, -0.15) is 0 Å². The van der Waals surface area contributed by atoms with E-state index in [9.17, 15) is 23.1 Å². The van der Waals surface area contributed by atoms with E-state index in [0.29, 0.717) is 16.6 Å². The quantitative estimate of drug-likeness (QED) is 0.420. The molecule has 2 heterocycles.